The lowest BCUT2D eigenvalue weighted by atomic mass is 10.1. The van der Waals surface area contributed by atoms with E-state index in [9.17, 15) is 4.79 Å². The van der Waals surface area contributed by atoms with Gasteiger partial charge in [0.15, 0.2) is 5.78 Å². The molecular weight excluding hydrogens is 304 g/mol. The third-order valence-corrected chi connectivity index (χ3v) is 4.56. The molecule has 0 radical (unpaired) electrons. The summed E-state index contributed by atoms with van der Waals surface area (Å²) in [6.45, 7) is 8.74. The van der Waals surface area contributed by atoms with Crippen molar-refractivity contribution in [3.05, 3.63) is 64.7 Å². The van der Waals surface area contributed by atoms with Gasteiger partial charge in [0.1, 0.15) is 12.4 Å². The van der Waals surface area contributed by atoms with Crippen molar-refractivity contribution in [3.8, 4) is 5.75 Å². The molecule has 0 fully saturated rings. The summed E-state index contributed by atoms with van der Waals surface area (Å²) < 4.78 is 5.93. The predicted molar refractivity (Wildman–Crippen MR) is 98.6 cm³/mol. The van der Waals surface area contributed by atoms with E-state index >= 15 is 0 Å². The molecule has 0 aromatic heterocycles. The molecule has 122 valence electrons. The van der Waals surface area contributed by atoms with E-state index in [4.69, 9.17) is 4.74 Å². The summed E-state index contributed by atoms with van der Waals surface area (Å²) >= 11 is 1.66. The Morgan fingerprint density at radius 3 is 2.52 bits per heavy atom. The van der Waals surface area contributed by atoms with Crippen LogP contribution in [0.3, 0.4) is 0 Å². The zero-order chi connectivity index (χ0) is 16.8. The molecule has 23 heavy (non-hydrogen) atoms. The number of rotatable bonds is 7. The number of ether oxygens (including phenoxy) is 1. The van der Waals surface area contributed by atoms with Gasteiger partial charge in [0.25, 0.3) is 0 Å². The first kappa shape index (κ1) is 17.6. The Morgan fingerprint density at radius 1 is 1.09 bits per heavy atom. The molecule has 0 unspecified atom stereocenters. The molecule has 3 heteroatoms. The fraction of sp³-hybridized carbons (Fsp3) is 0.350. The van der Waals surface area contributed by atoms with Crippen LogP contribution in [0.2, 0.25) is 0 Å². The number of hydrogen-bond acceptors (Lipinski definition) is 3. The highest BCUT2D eigenvalue weighted by molar-refractivity contribution is 8.00. The minimum absolute atomic E-state index is 0.131. The second-order valence-electron chi connectivity index (χ2n) is 6.06. The Hall–Kier alpha value is -1.74. The molecule has 0 aliphatic rings. The molecule has 0 saturated carbocycles. The van der Waals surface area contributed by atoms with Crippen molar-refractivity contribution in [2.75, 3.05) is 5.75 Å². The van der Waals surface area contributed by atoms with Crippen molar-refractivity contribution >= 4 is 17.5 Å². The van der Waals surface area contributed by atoms with Crippen LogP contribution in [-0.2, 0) is 6.61 Å². The summed E-state index contributed by atoms with van der Waals surface area (Å²) in [5, 5.41) is 0.445. The van der Waals surface area contributed by atoms with Gasteiger partial charge in [-0.3, -0.25) is 4.79 Å². The van der Waals surface area contributed by atoms with E-state index in [1.807, 2.05) is 37.3 Å². The van der Waals surface area contributed by atoms with E-state index in [1.165, 1.54) is 5.56 Å². The minimum Gasteiger partial charge on any atom is -0.488 e. The fourth-order valence-corrected chi connectivity index (χ4v) is 2.91. The Kier molecular flexibility index (Phi) is 6.28. The quantitative estimate of drug-likeness (QED) is 0.653. The molecule has 2 aromatic carbocycles. The normalized spacial score (nSPS) is 10.8. The van der Waals surface area contributed by atoms with Crippen LogP contribution in [0.4, 0.5) is 0 Å². The molecule has 0 aliphatic carbocycles. The van der Waals surface area contributed by atoms with Crippen LogP contribution in [0.5, 0.6) is 5.75 Å². The Bertz CT molecular complexity index is 677. The molecule has 0 aliphatic heterocycles. The Morgan fingerprint density at radius 2 is 1.83 bits per heavy atom. The second-order valence-corrected chi connectivity index (χ2v) is 7.63. The number of hydrogen-bond donors (Lipinski definition) is 0. The summed E-state index contributed by atoms with van der Waals surface area (Å²) in [5.74, 6) is 1.29. The Balaban J connectivity index is 2.13. The third-order valence-electron chi connectivity index (χ3n) is 3.46. The minimum atomic E-state index is 0.131. The first-order valence-corrected chi connectivity index (χ1v) is 8.94. The number of aryl methyl sites for hydroxylation is 2. The smallest absolute Gasteiger partial charge is 0.176 e. The van der Waals surface area contributed by atoms with Crippen molar-refractivity contribution in [3.63, 3.8) is 0 Å². The van der Waals surface area contributed by atoms with Gasteiger partial charge >= 0.3 is 0 Å². The highest BCUT2D eigenvalue weighted by Crippen LogP contribution is 2.24. The number of ketones is 1. The van der Waals surface area contributed by atoms with Crippen molar-refractivity contribution in [1.29, 1.82) is 0 Å². The largest absolute Gasteiger partial charge is 0.488 e. The van der Waals surface area contributed by atoms with E-state index < -0.39 is 0 Å². The molecule has 2 aromatic rings. The average molecular weight is 328 g/mol. The number of benzene rings is 2. The fourth-order valence-electron chi connectivity index (χ4n) is 2.27. The second kappa shape index (κ2) is 8.21. The molecule has 0 spiro atoms. The first-order valence-electron chi connectivity index (χ1n) is 7.89. The number of thioether (sulfide) groups is 1. The van der Waals surface area contributed by atoms with Gasteiger partial charge in [0, 0.05) is 0 Å². The van der Waals surface area contributed by atoms with E-state index in [2.05, 4.69) is 32.9 Å². The number of carbonyl (C=O) groups is 1. The lowest BCUT2D eigenvalue weighted by Crippen LogP contribution is -2.08. The highest BCUT2D eigenvalue weighted by atomic mass is 32.2. The van der Waals surface area contributed by atoms with Gasteiger partial charge in [-0.25, -0.2) is 0 Å². The van der Waals surface area contributed by atoms with Crippen LogP contribution in [0, 0.1) is 13.8 Å². The standard InChI is InChI=1S/C20H24O2S/c1-14(2)23-13-19(21)18-11-16(4)8-9-20(18)22-12-17-7-5-6-15(3)10-17/h5-11,14H,12-13H2,1-4H3. The highest BCUT2D eigenvalue weighted by Gasteiger charge is 2.14. The van der Waals surface area contributed by atoms with Crippen LogP contribution < -0.4 is 4.74 Å². The molecule has 0 atom stereocenters. The molecule has 0 heterocycles. The predicted octanol–water partition coefficient (Wildman–Crippen LogP) is 5.21. The van der Waals surface area contributed by atoms with Crippen LogP contribution in [0.25, 0.3) is 0 Å². The summed E-state index contributed by atoms with van der Waals surface area (Å²) in [5.41, 5.74) is 4.08. The van der Waals surface area contributed by atoms with Crippen LogP contribution in [0.15, 0.2) is 42.5 Å². The van der Waals surface area contributed by atoms with Crippen molar-refractivity contribution in [2.24, 2.45) is 0 Å². The maximum atomic E-state index is 12.5. The summed E-state index contributed by atoms with van der Waals surface area (Å²) in [6, 6.07) is 14.0. The first-order chi connectivity index (χ1) is 11.0. The van der Waals surface area contributed by atoms with Crippen LogP contribution >= 0.6 is 11.8 Å². The maximum absolute atomic E-state index is 12.5. The zero-order valence-corrected chi connectivity index (χ0v) is 15.1. The monoisotopic (exact) mass is 328 g/mol. The number of Topliss-reactive ketones (excluding diaryl/α,β-unsaturated/α-hetero) is 1. The van der Waals surface area contributed by atoms with Crippen molar-refractivity contribution < 1.29 is 9.53 Å². The van der Waals surface area contributed by atoms with Crippen LogP contribution in [-0.4, -0.2) is 16.8 Å². The summed E-state index contributed by atoms with van der Waals surface area (Å²) in [6.07, 6.45) is 0. The molecular formula is C20H24O2S. The van der Waals surface area contributed by atoms with E-state index in [1.54, 1.807) is 11.8 Å². The molecule has 0 bridgehead atoms. The number of carbonyl (C=O) groups excluding carboxylic acids is 1. The van der Waals surface area contributed by atoms with Gasteiger partial charge in [0.2, 0.25) is 0 Å². The van der Waals surface area contributed by atoms with E-state index in [-0.39, 0.29) is 5.78 Å². The topological polar surface area (TPSA) is 26.3 Å². The molecule has 2 nitrogen and oxygen atoms in total. The van der Waals surface area contributed by atoms with Gasteiger partial charge in [-0.2, -0.15) is 11.8 Å². The maximum Gasteiger partial charge on any atom is 0.176 e. The summed E-state index contributed by atoms with van der Waals surface area (Å²) in [7, 11) is 0. The molecule has 0 amide bonds. The van der Waals surface area contributed by atoms with Crippen molar-refractivity contribution in [2.45, 2.75) is 39.6 Å². The van der Waals surface area contributed by atoms with Gasteiger partial charge in [-0.05, 0) is 36.8 Å². The van der Waals surface area contributed by atoms with Crippen molar-refractivity contribution in [1.82, 2.24) is 0 Å². The van der Waals surface area contributed by atoms with Crippen LogP contribution in [0.1, 0.15) is 40.9 Å². The lowest BCUT2D eigenvalue weighted by Gasteiger charge is -2.13. The molecule has 2 rings (SSSR count). The SMILES string of the molecule is Cc1cccc(COc2ccc(C)cc2C(=O)CSC(C)C)c1. The van der Waals surface area contributed by atoms with Gasteiger partial charge in [-0.15, -0.1) is 0 Å². The van der Waals surface area contributed by atoms with E-state index in [0.717, 1.165) is 11.1 Å². The van der Waals surface area contributed by atoms with Gasteiger partial charge in [-0.1, -0.05) is 55.3 Å². The molecule has 0 N–H and O–H groups in total. The lowest BCUT2D eigenvalue weighted by molar-refractivity contribution is 0.101. The van der Waals surface area contributed by atoms with Gasteiger partial charge in [0.05, 0.1) is 11.3 Å². The zero-order valence-electron chi connectivity index (χ0n) is 14.3. The van der Waals surface area contributed by atoms with E-state index in [0.29, 0.717) is 28.9 Å². The van der Waals surface area contributed by atoms with Gasteiger partial charge < -0.3 is 4.74 Å². The third kappa shape index (κ3) is 5.43. The summed E-state index contributed by atoms with van der Waals surface area (Å²) in [4.78, 5) is 12.5. The molecule has 0 saturated heterocycles. The average Bonchev–Trinajstić information content (AvgIpc) is 2.51. The Labute approximate surface area is 143 Å².